The Morgan fingerprint density at radius 2 is 1.76 bits per heavy atom. The van der Waals surface area contributed by atoms with Crippen molar-refractivity contribution in [3.05, 3.63) is 70.9 Å². The summed E-state index contributed by atoms with van der Waals surface area (Å²) in [4.78, 5) is 31.0. The van der Waals surface area contributed by atoms with Crippen molar-refractivity contribution in [3.63, 3.8) is 0 Å². The lowest BCUT2D eigenvalue weighted by Crippen LogP contribution is -2.52. The Morgan fingerprint density at radius 3 is 2.53 bits per heavy atom. The number of aromatic nitrogens is 1. The molecule has 2 fully saturated rings. The van der Waals surface area contributed by atoms with Crippen LogP contribution in [-0.4, -0.2) is 72.8 Å². The Bertz CT molecular complexity index is 1270. The highest BCUT2D eigenvalue weighted by atomic mass is 35.5. The first-order valence-corrected chi connectivity index (χ1v) is 13.4. The van der Waals surface area contributed by atoms with E-state index >= 15 is 0 Å². The number of morpholine rings is 1. The van der Waals surface area contributed by atoms with Gasteiger partial charge >= 0.3 is 0 Å². The molecule has 5 rings (SSSR count). The summed E-state index contributed by atoms with van der Waals surface area (Å²) in [6, 6.07) is 16.8. The van der Waals surface area contributed by atoms with Gasteiger partial charge in [0.25, 0.3) is 5.91 Å². The normalized spacial score (nSPS) is 19.8. The Hall–Kier alpha value is -3.36. The lowest BCUT2D eigenvalue weighted by atomic mass is 9.77. The average Bonchev–Trinajstić information content (AvgIpc) is 3.34. The van der Waals surface area contributed by atoms with E-state index in [4.69, 9.17) is 25.6 Å². The van der Waals surface area contributed by atoms with Crippen LogP contribution in [0.5, 0.6) is 5.75 Å². The third kappa shape index (κ3) is 5.71. The summed E-state index contributed by atoms with van der Waals surface area (Å²) in [6.45, 7) is 5.28. The SMILES string of the molecule is Cc1onc(-c2ccccc2Cl)c1C(=O)N1CCC[C@@](COc2ccccc2)(CC(=O)N2CCOCC2)C1. The van der Waals surface area contributed by atoms with Crippen LogP contribution in [0, 0.1) is 12.3 Å². The molecule has 200 valence electrons. The predicted octanol–water partition coefficient (Wildman–Crippen LogP) is 4.85. The molecule has 8 nitrogen and oxygen atoms in total. The van der Waals surface area contributed by atoms with Crippen LogP contribution in [-0.2, 0) is 9.53 Å². The third-order valence-corrected chi connectivity index (χ3v) is 7.66. The molecule has 0 N–H and O–H groups in total. The minimum absolute atomic E-state index is 0.0668. The molecule has 2 saturated heterocycles. The van der Waals surface area contributed by atoms with Gasteiger partial charge in [-0.2, -0.15) is 0 Å². The molecule has 0 bridgehead atoms. The van der Waals surface area contributed by atoms with Gasteiger partial charge in [0.2, 0.25) is 5.91 Å². The standard InChI is InChI=1S/C29H32ClN3O5/c1-21-26(27(31-38-21)23-10-5-6-11-24(23)30)28(35)33-13-7-12-29(19-33,20-37-22-8-3-2-4-9-22)18-25(34)32-14-16-36-17-15-32/h2-6,8-11H,7,12-20H2,1H3/t29-/m1/s1. The van der Waals surface area contributed by atoms with Crippen LogP contribution in [0.1, 0.15) is 35.4 Å². The van der Waals surface area contributed by atoms with Crippen molar-refractivity contribution in [2.24, 2.45) is 5.41 Å². The van der Waals surface area contributed by atoms with Gasteiger partial charge in [0.05, 0.1) is 24.8 Å². The molecule has 2 aliphatic heterocycles. The molecule has 2 aromatic carbocycles. The zero-order valence-corrected chi connectivity index (χ0v) is 22.3. The number of ether oxygens (including phenoxy) is 2. The van der Waals surface area contributed by atoms with Crippen LogP contribution in [0.3, 0.4) is 0 Å². The lowest BCUT2D eigenvalue weighted by molar-refractivity contribution is -0.139. The monoisotopic (exact) mass is 537 g/mol. The summed E-state index contributed by atoms with van der Waals surface area (Å²) in [5, 5.41) is 4.68. The third-order valence-electron chi connectivity index (χ3n) is 7.33. The highest BCUT2D eigenvalue weighted by Crippen LogP contribution is 2.38. The molecule has 0 unspecified atom stereocenters. The number of carbonyl (C=O) groups is 2. The van der Waals surface area contributed by atoms with Gasteiger partial charge in [-0.1, -0.05) is 53.2 Å². The highest BCUT2D eigenvalue weighted by Gasteiger charge is 2.42. The van der Waals surface area contributed by atoms with Gasteiger partial charge in [0.15, 0.2) is 0 Å². The van der Waals surface area contributed by atoms with Gasteiger partial charge in [-0.25, -0.2) is 0 Å². The maximum absolute atomic E-state index is 14.0. The van der Waals surface area contributed by atoms with E-state index in [-0.39, 0.29) is 11.8 Å². The quantitative estimate of drug-likeness (QED) is 0.428. The largest absolute Gasteiger partial charge is 0.493 e. The van der Waals surface area contributed by atoms with Crippen molar-refractivity contribution in [2.45, 2.75) is 26.2 Å². The molecule has 2 amide bonds. The molecule has 0 radical (unpaired) electrons. The van der Waals surface area contributed by atoms with E-state index in [1.54, 1.807) is 13.0 Å². The van der Waals surface area contributed by atoms with Crippen molar-refractivity contribution in [1.29, 1.82) is 0 Å². The van der Waals surface area contributed by atoms with Gasteiger partial charge < -0.3 is 23.8 Å². The first kappa shape index (κ1) is 26.3. The number of piperidine rings is 1. The van der Waals surface area contributed by atoms with Crippen molar-refractivity contribution in [1.82, 2.24) is 15.0 Å². The number of nitrogens with zero attached hydrogens (tertiary/aromatic N) is 3. The molecule has 3 aromatic rings. The number of carbonyl (C=O) groups excluding carboxylic acids is 2. The second-order valence-electron chi connectivity index (χ2n) is 10.0. The molecule has 38 heavy (non-hydrogen) atoms. The number of para-hydroxylation sites is 1. The maximum atomic E-state index is 14.0. The fourth-order valence-electron chi connectivity index (χ4n) is 5.31. The zero-order chi connectivity index (χ0) is 26.5. The number of amides is 2. The Balaban J connectivity index is 1.41. The lowest BCUT2D eigenvalue weighted by Gasteiger charge is -2.43. The molecule has 1 aromatic heterocycles. The van der Waals surface area contributed by atoms with Crippen molar-refractivity contribution in [3.8, 4) is 17.0 Å². The first-order valence-electron chi connectivity index (χ1n) is 13.0. The first-order chi connectivity index (χ1) is 18.5. The van der Waals surface area contributed by atoms with Crippen LogP contribution in [0.25, 0.3) is 11.3 Å². The van der Waals surface area contributed by atoms with Gasteiger partial charge in [0.1, 0.15) is 22.8 Å². The second-order valence-corrected chi connectivity index (χ2v) is 10.5. The van der Waals surface area contributed by atoms with Crippen molar-refractivity contribution in [2.75, 3.05) is 46.0 Å². The molecule has 9 heteroatoms. The second kappa shape index (κ2) is 11.6. The Kier molecular flexibility index (Phi) is 8.00. The minimum atomic E-state index is -0.533. The Labute approximate surface area is 227 Å². The van der Waals surface area contributed by atoms with E-state index in [1.807, 2.05) is 58.3 Å². The Morgan fingerprint density at radius 1 is 1.03 bits per heavy atom. The predicted molar refractivity (Wildman–Crippen MR) is 143 cm³/mol. The number of benzene rings is 2. The number of hydrogen-bond acceptors (Lipinski definition) is 6. The molecule has 1 atom stereocenters. The van der Waals surface area contributed by atoms with Gasteiger partial charge in [-0.3, -0.25) is 9.59 Å². The summed E-state index contributed by atoms with van der Waals surface area (Å²) in [6.07, 6.45) is 1.83. The zero-order valence-electron chi connectivity index (χ0n) is 21.5. The smallest absolute Gasteiger partial charge is 0.259 e. The van der Waals surface area contributed by atoms with Crippen LogP contribution < -0.4 is 4.74 Å². The van der Waals surface area contributed by atoms with E-state index in [0.717, 1.165) is 18.6 Å². The van der Waals surface area contributed by atoms with E-state index < -0.39 is 5.41 Å². The summed E-state index contributed by atoms with van der Waals surface area (Å²) >= 11 is 6.43. The van der Waals surface area contributed by atoms with Gasteiger partial charge in [0, 0.05) is 43.6 Å². The highest BCUT2D eigenvalue weighted by molar-refractivity contribution is 6.33. The fraction of sp³-hybridized carbons (Fsp3) is 0.414. The molecule has 0 aliphatic carbocycles. The summed E-state index contributed by atoms with van der Waals surface area (Å²) in [5.74, 6) is 1.06. The molecular formula is C29H32ClN3O5. The topological polar surface area (TPSA) is 85.1 Å². The molecule has 0 spiro atoms. The van der Waals surface area contributed by atoms with Crippen LogP contribution >= 0.6 is 11.6 Å². The number of rotatable bonds is 7. The van der Waals surface area contributed by atoms with Gasteiger partial charge in [-0.15, -0.1) is 0 Å². The number of aryl methyl sites for hydroxylation is 1. The van der Waals surface area contributed by atoms with Crippen molar-refractivity contribution >= 4 is 23.4 Å². The van der Waals surface area contributed by atoms with E-state index in [1.165, 1.54) is 0 Å². The van der Waals surface area contributed by atoms with Crippen LogP contribution in [0.4, 0.5) is 0 Å². The van der Waals surface area contributed by atoms with E-state index in [0.29, 0.717) is 80.0 Å². The molecule has 2 aliphatic rings. The summed E-state index contributed by atoms with van der Waals surface area (Å²) in [7, 11) is 0. The number of hydrogen-bond donors (Lipinski definition) is 0. The van der Waals surface area contributed by atoms with Crippen LogP contribution in [0.15, 0.2) is 59.1 Å². The fourth-order valence-corrected chi connectivity index (χ4v) is 5.54. The van der Waals surface area contributed by atoms with Gasteiger partial charge in [-0.05, 0) is 38.0 Å². The van der Waals surface area contributed by atoms with E-state index in [2.05, 4.69) is 5.16 Å². The molecule has 3 heterocycles. The molecular weight excluding hydrogens is 506 g/mol. The van der Waals surface area contributed by atoms with E-state index in [9.17, 15) is 9.59 Å². The molecule has 0 saturated carbocycles. The average molecular weight is 538 g/mol. The number of halogens is 1. The summed E-state index contributed by atoms with van der Waals surface area (Å²) in [5.41, 5.74) is 0.943. The van der Waals surface area contributed by atoms with Crippen LogP contribution in [0.2, 0.25) is 5.02 Å². The van der Waals surface area contributed by atoms with Crippen molar-refractivity contribution < 1.29 is 23.6 Å². The maximum Gasteiger partial charge on any atom is 0.259 e. The minimum Gasteiger partial charge on any atom is -0.493 e. The summed E-state index contributed by atoms with van der Waals surface area (Å²) < 4.78 is 17.1. The number of likely N-dealkylation sites (tertiary alicyclic amines) is 1.